The number of rotatable bonds is 6. The van der Waals surface area contributed by atoms with Gasteiger partial charge in [-0.25, -0.2) is 4.39 Å². The highest BCUT2D eigenvalue weighted by Crippen LogP contribution is 2.44. The Hall–Kier alpha value is -4.15. The molecule has 1 aliphatic heterocycles. The fourth-order valence-corrected chi connectivity index (χ4v) is 5.76. The van der Waals surface area contributed by atoms with Crippen molar-refractivity contribution in [2.75, 3.05) is 10.7 Å². The average Bonchev–Trinajstić information content (AvgIpc) is 2.93. The number of thioether (sulfide) groups is 1. The predicted molar refractivity (Wildman–Crippen MR) is 143 cm³/mol. The first-order chi connectivity index (χ1) is 18.1. The van der Waals surface area contributed by atoms with E-state index < -0.39 is 11.7 Å². The Morgan fingerprint density at radius 2 is 1.59 bits per heavy atom. The SMILES string of the molecule is N#CC1=C(SCC(=O)N(c2ccccc2)c2ccccc2)NC2=C(C(=O)CCC2)C1c1ccccc1F. The molecular formula is C30H24FN3O2S. The van der Waals surface area contributed by atoms with Crippen molar-refractivity contribution in [3.05, 3.63) is 118 Å². The largest absolute Gasteiger partial charge is 0.352 e. The number of halogens is 1. The van der Waals surface area contributed by atoms with Crippen molar-refractivity contribution in [2.24, 2.45) is 0 Å². The number of nitrogens with one attached hydrogen (secondary N) is 1. The number of allylic oxidation sites excluding steroid dienone is 3. The van der Waals surface area contributed by atoms with Crippen LogP contribution in [0.5, 0.6) is 0 Å². The van der Waals surface area contributed by atoms with Crippen LogP contribution in [-0.4, -0.2) is 17.4 Å². The van der Waals surface area contributed by atoms with Crippen LogP contribution in [0.4, 0.5) is 15.8 Å². The van der Waals surface area contributed by atoms with Crippen LogP contribution in [0.1, 0.15) is 30.7 Å². The number of amides is 1. The maximum atomic E-state index is 14.9. The number of ketones is 1. The molecule has 3 aromatic rings. The van der Waals surface area contributed by atoms with Gasteiger partial charge in [0, 0.05) is 34.6 Å². The van der Waals surface area contributed by atoms with Crippen LogP contribution >= 0.6 is 11.8 Å². The highest BCUT2D eigenvalue weighted by atomic mass is 32.2. The number of dihydropyridines is 1. The van der Waals surface area contributed by atoms with Gasteiger partial charge >= 0.3 is 0 Å². The third kappa shape index (κ3) is 4.93. The molecule has 0 fully saturated rings. The van der Waals surface area contributed by atoms with Gasteiger partial charge in [0.1, 0.15) is 5.82 Å². The second-order valence-electron chi connectivity index (χ2n) is 8.79. The molecule has 0 aromatic heterocycles. The molecule has 7 heteroatoms. The lowest BCUT2D eigenvalue weighted by Crippen LogP contribution is -2.33. The maximum Gasteiger partial charge on any atom is 0.241 e. The molecule has 1 unspecified atom stereocenters. The van der Waals surface area contributed by atoms with Crippen LogP contribution in [0, 0.1) is 17.1 Å². The molecule has 1 amide bonds. The summed E-state index contributed by atoms with van der Waals surface area (Å²) in [5.41, 5.74) is 3.18. The highest BCUT2D eigenvalue weighted by Gasteiger charge is 2.38. The molecule has 184 valence electrons. The Labute approximate surface area is 219 Å². The van der Waals surface area contributed by atoms with Crippen LogP contribution in [-0.2, 0) is 9.59 Å². The van der Waals surface area contributed by atoms with E-state index in [0.29, 0.717) is 41.1 Å². The first-order valence-electron chi connectivity index (χ1n) is 12.1. The summed E-state index contributed by atoms with van der Waals surface area (Å²) in [7, 11) is 0. The van der Waals surface area contributed by atoms with Crippen LogP contribution in [0.15, 0.2) is 107 Å². The van der Waals surface area contributed by atoms with Crippen LogP contribution in [0.25, 0.3) is 0 Å². The van der Waals surface area contributed by atoms with E-state index in [1.807, 2.05) is 60.7 Å². The number of nitriles is 1. The zero-order valence-electron chi connectivity index (χ0n) is 20.0. The molecule has 0 spiro atoms. The minimum Gasteiger partial charge on any atom is -0.352 e. The summed E-state index contributed by atoms with van der Waals surface area (Å²) in [6.07, 6.45) is 1.68. The molecule has 5 rings (SSSR count). The van der Waals surface area contributed by atoms with Crippen LogP contribution in [0.2, 0.25) is 0 Å². The first kappa shape index (κ1) is 24.5. The van der Waals surface area contributed by atoms with Gasteiger partial charge in [0.05, 0.1) is 28.3 Å². The van der Waals surface area contributed by atoms with Crippen LogP contribution < -0.4 is 10.2 Å². The van der Waals surface area contributed by atoms with E-state index in [0.717, 1.165) is 11.4 Å². The third-order valence-electron chi connectivity index (χ3n) is 6.50. The van der Waals surface area contributed by atoms with Crippen molar-refractivity contribution in [2.45, 2.75) is 25.2 Å². The van der Waals surface area contributed by atoms with Crippen molar-refractivity contribution < 1.29 is 14.0 Å². The fourth-order valence-electron chi connectivity index (χ4n) is 4.85. The van der Waals surface area contributed by atoms with Crippen molar-refractivity contribution in [1.29, 1.82) is 5.26 Å². The molecule has 1 heterocycles. The zero-order chi connectivity index (χ0) is 25.8. The third-order valence-corrected chi connectivity index (χ3v) is 7.50. The summed E-state index contributed by atoms with van der Waals surface area (Å²) in [6, 6.07) is 27.2. The molecule has 0 saturated carbocycles. The molecule has 0 radical (unpaired) electrons. The Balaban J connectivity index is 1.49. The van der Waals surface area contributed by atoms with E-state index >= 15 is 0 Å². The molecule has 1 atom stereocenters. The molecule has 5 nitrogen and oxygen atoms in total. The number of nitrogens with zero attached hydrogens (tertiary/aromatic N) is 2. The van der Waals surface area contributed by atoms with E-state index in [4.69, 9.17) is 0 Å². The van der Waals surface area contributed by atoms with Crippen molar-refractivity contribution in [1.82, 2.24) is 5.32 Å². The maximum absolute atomic E-state index is 14.9. The Bertz CT molecular complexity index is 1400. The summed E-state index contributed by atoms with van der Waals surface area (Å²) in [5, 5.41) is 13.9. The Morgan fingerprint density at radius 1 is 0.973 bits per heavy atom. The zero-order valence-corrected chi connectivity index (χ0v) is 20.8. The molecular weight excluding hydrogens is 485 g/mol. The van der Waals surface area contributed by atoms with E-state index in [-0.39, 0.29) is 23.0 Å². The number of Topliss-reactive ketones (excluding diaryl/α,β-unsaturated/α-hetero) is 1. The number of anilines is 2. The standard InChI is InChI=1S/C30H24FN3O2S/c31-24-15-8-7-14-22(24)28-23(18-32)30(33-25-16-9-17-26(35)29(25)28)37-19-27(36)34(20-10-3-1-4-11-20)21-12-5-2-6-13-21/h1-8,10-15,28,33H,9,16-17,19H2. The lowest BCUT2D eigenvalue weighted by Gasteiger charge is -2.33. The number of hydrogen-bond donors (Lipinski definition) is 1. The van der Waals surface area contributed by atoms with E-state index in [2.05, 4.69) is 11.4 Å². The molecule has 0 bridgehead atoms. The number of carbonyl (C=O) groups excluding carboxylic acids is 2. The number of carbonyl (C=O) groups is 2. The van der Waals surface area contributed by atoms with Gasteiger partial charge in [-0.05, 0) is 43.2 Å². The van der Waals surface area contributed by atoms with Gasteiger partial charge in [-0.1, -0.05) is 66.4 Å². The summed E-state index contributed by atoms with van der Waals surface area (Å²) in [6.45, 7) is 0. The highest BCUT2D eigenvalue weighted by molar-refractivity contribution is 8.03. The Morgan fingerprint density at radius 3 is 2.22 bits per heavy atom. The number of hydrogen-bond acceptors (Lipinski definition) is 5. The second-order valence-corrected chi connectivity index (χ2v) is 9.78. The number of para-hydroxylation sites is 2. The van der Waals surface area contributed by atoms with E-state index in [1.165, 1.54) is 17.8 Å². The van der Waals surface area contributed by atoms with Crippen molar-refractivity contribution >= 4 is 34.8 Å². The molecule has 37 heavy (non-hydrogen) atoms. The van der Waals surface area contributed by atoms with Gasteiger partial charge in [-0.3, -0.25) is 14.5 Å². The van der Waals surface area contributed by atoms with Gasteiger partial charge in [0.2, 0.25) is 5.91 Å². The fraction of sp³-hybridized carbons (Fsp3) is 0.167. The lowest BCUT2D eigenvalue weighted by molar-refractivity contribution is -0.116. The summed E-state index contributed by atoms with van der Waals surface area (Å²) >= 11 is 1.20. The summed E-state index contributed by atoms with van der Waals surface area (Å²) < 4.78 is 14.9. The first-order valence-corrected chi connectivity index (χ1v) is 13.0. The molecule has 3 aromatic carbocycles. The van der Waals surface area contributed by atoms with Crippen molar-refractivity contribution in [3.8, 4) is 6.07 Å². The molecule has 1 N–H and O–H groups in total. The van der Waals surface area contributed by atoms with Crippen LogP contribution in [0.3, 0.4) is 0 Å². The molecule has 1 aliphatic carbocycles. The van der Waals surface area contributed by atoms with Gasteiger partial charge in [-0.15, -0.1) is 0 Å². The van der Waals surface area contributed by atoms with Gasteiger partial charge in [-0.2, -0.15) is 5.26 Å². The quantitative estimate of drug-likeness (QED) is 0.419. The monoisotopic (exact) mass is 509 g/mol. The van der Waals surface area contributed by atoms with E-state index in [1.54, 1.807) is 23.1 Å². The molecule has 2 aliphatic rings. The predicted octanol–water partition coefficient (Wildman–Crippen LogP) is 6.35. The van der Waals surface area contributed by atoms with Gasteiger partial charge < -0.3 is 5.32 Å². The average molecular weight is 510 g/mol. The summed E-state index contributed by atoms with van der Waals surface area (Å²) in [4.78, 5) is 28.2. The van der Waals surface area contributed by atoms with Gasteiger partial charge in [0.25, 0.3) is 0 Å². The normalized spacial score (nSPS) is 17.1. The second kappa shape index (κ2) is 10.9. The molecule has 0 saturated heterocycles. The van der Waals surface area contributed by atoms with E-state index in [9.17, 15) is 19.2 Å². The Kier molecular flexibility index (Phi) is 7.20. The van der Waals surface area contributed by atoms with Gasteiger partial charge in [0.15, 0.2) is 5.78 Å². The number of benzene rings is 3. The minimum atomic E-state index is -0.799. The topological polar surface area (TPSA) is 73.2 Å². The van der Waals surface area contributed by atoms with Crippen molar-refractivity contribution in [3.63, 3.8) is 0 Å². The lowest BCUT2D eigenvalue weighted by atomic mass is 9.76. The summed E-state index contributed by atoms with van der Waals surface area (Å²) in [5.74, 6) is -1.47. The smallest absolute Gasteiger partial charge is 0.241 e. The minimum absolute atomic E-state index is 0.0395.